The molecule has 2 aromatic rings. The molecule has 1 aromatic heterocycles. The molecule has 2 rings (SSSR count). The summed E-state index contributed by atoms with van der Waals surface area (Å²) in [7, 11) is -2.25. The minimum absolute atomic E-state index is 0.0381. The van der Waals surface area contributed by atoms with Crippen LogP contribution in [-0.2, 0) is 16.4 Å². The third-order valence-electron chi connectivity index (χ3n) is 2.91. The van der Waals surface area contributed by atoms with Crippen LogP contribution in [0.5, 0.6) is 5.75 Å². The van der Waals surface area contributed by atoms with E-state index in [1.54, 1.807) is 18.5 Å². The molecule has 0 bridgehead atoms. The summed E-state index contributed by atoms with van der Waals surface area (Å²) in [6.07, 6.45) is 3.93. The average molecular weight is 307 g/mol. The summed E-state index contributed by atoms with van der Waals surface area (Å²) >= 11 is 0. The number of benzene rings is 1. The van der Waals surface area contributed by atoms with Crippen molar-refractivity contribution in [3.05, 3.63) is 48.3 Å². The molecule has 0 aliphatic carbocycles. The number of methoxy groups -OCH3 is 1. The van der Waals surface area contributed by atoms with Crippen molar-refractivity contribution in [1.82, 2.24) is 9.71 Å². The number of hydrogen-bond acceptors (Lipinski definition) is 5. The Bertz CT molecular complexity index is 703. The molecular weight excluding hydrogens is 290 g/mol. The highest BCUT2D eigenvalue weighted by atomic mass is 32.2. The smallest absolute Gasteiger partial charge is 0.244 e. The van der Waals surface area contributed by atoms with Crippen molar-refractivity contribution >= 4 is 15.7 Å². The maximum atomic E-state index is 12.3. The van der Waals surface area contributed by atoms with Crippen molar-refractivity contribution in [2.24, 2.45) is 0 Å². The largest absolute Gasteiger partial charge is 0.495 e. The predicted octanol–water partition coefficient (Wildman–Crippen LogP) is 1.19. The number of nitrogens with zero attached hydrogens (tertiary/aromatic N) is 1. The van der Waals surface area contributed by atoms with Gasteiger partial charge in [0.15, 0.2) is 0 Å². The van der Waals surface area contributed by atoms with E-state index in [2.05, 4.69) is 9.71 Å². The van der Waals surface area contributed by atoms with Crippen LogP contribution in [0.1, 0.15) is 5.56 Å². The van der Waals surface area contributed by atoms with E-state index in [1.165, 1.54) is 19.2 Å². The van der Waals surface area contributed by atoms with Gasteiger partial charge in [-0.1, -0.05) is 6.07 Å². The van der Waals surface area contributed by atoms with Crippen molar-refractivity contribution in [1.29, 1.82) is 0 Å². The molecule has 0 radical (unpaired) electrons. The second-order valence-electron chi connectivity index (χ2n) is 4.42. The van der Waals surface area contributed by atoms with E-state index in [1.807, 2.05) is 12.1 Å². The third-order valence-corrected chi connectivity index (χ3v) is 4.39. The van der Waals surface area contributed by atoms with E-state index in [9.17, 15) is 8.42 Å². The first-order valence-electron chi connectivity index (χ1n) is 6.35. The van der Waals surface area contributed by atoms with E-state index in [-0.39, 0.29) is 17.2 Å². The van der Waals surface area contributed by atoms with Crippen LogP contribution >= 0.6 is 0 Å². The lowest BCUT2D eigenvalue weighted by atomic mass is 10.2. The van der Waals surface area contributed by atoms with Crippen molar-refractivity contribution < 1.29 is 13.2 Å². The molecule has 0 saturated carbocycles. The van der Waals surface area contributed by atoms with Crippen LogP contribution in [0.3, 0.4) is 0 Å². The molecule has 7 heteroatoms. The standard InChI is InChI=1S/C14H17N3O3S/c1-20-13-5-4-12(15)9-14(13)21(18,19)17-8-6-11-3-2-7-16-10-11/h2-5,7,9-10,17H,6,8,15H2,1H3. The molecule has 3 N–H and O–H groups in total. The van der Waals surface area contributed by atoms with Crippen molar-refractivity contribution in [3.8, 4) is 5.75 Å². The quantitative estimate of drug-likeness (QED) is 0.782. The second kappa shape index (κ2) is 6.55. The highest BCUT2D eigenvalue weighted by molar-refractivity contribution is 7.89. The van der Waals surface area contributed by atoms with Gasteiger partial charge in [-0.05, 0) is 36.2 Å². The Morgan fingerprint density at radius 3 is 2.81 bits per heavy atom. The number of pyridine rings is 1. The Balaban J connectivity index is 2.10. The minimum atomic E-state index is -3.67. The summed E-state index contributed by atoms with van der Waals surface area (Å²) in [5.41, 5.74) is 6.96. The lowest BCUT2D eigenvalue weighted by molar-refractivity contribution is 0.402. The monoisotopic (exact) mass is 307 g/mol. The number of sulfonamides is 1. The highest BCUT2D eigenvalue weighted by Gasteiger charge is 2.19. The molecule has 0 fully saturated rings. The Morgan fingerprint density at radius 2 is 2.14 bits per heavy atom. The first kappa shape index (κ1) is 15.3. The second-order valence-corrected chi connectivity index (χ2v) is 6.15. The fourth-order valence-electron chi connectivity index (χ4n) is 1.86. The summed E-state index contributed by atoms with van der Waals surface area (Å²) in [5, 5.41) is 0. The van der Waals surface area contributed by atoms with Gasteiger partial charge in [0.1, 0.15) is 10.6 Å². The summed E-state index contributed by atoms with van der Waals surface area (Å²) in [6, 6.07) is 8.21. The maximum absolute atomic E-state index is 12.3. The summed E-state index contributed by atoms with van der Waals surface area (Å²) < 4.78 is 32.2. The van der Waals surface area contributed by atoms with E-state index < -0.39 is 10.0 Å². The SMILES string of the molecule is COc1ccc(N)cc1S(=O)(=O)NCCc1cccnc1. The molecule has 0 atom stereocenters. The number of ether oxygens (including phenoxy) is 1. The van der Waals surface area contributed by atoms with Crippen LogP contribution in [0.2, 0.25) is 0 Å². The van der Waals surface area contributed by atoms with Crippen molar-refractivity contribution in [2.45, 2.75) is 11.3 Å². The normalized spacial score (nSPS) is 11.3. The lowest BCUT2D eigenvalue weighted by Gasteiger charge is -2.11. The van der Waals surface area contributed by atoms with Gasteiger partial charge in [0.2, 0.25) is 10.0 Å². The molecule has 112 valence electrons. The van der Waals surface area contributed by atoms with Gasteiger partial charge in [0, 0.05) is 24.6 Å². The predicted molar refractivity (Wildman–Crippen MR) is 80.5 cm³/mol. The molecule has 0 saturated heterocycles. The molecule has 0 aliphatic rings. The van der Waals surface area contributed by atoms with Crippen LogP contribution in [0.15, 0.2) is 47.6 Å². The fraction of sp³-hybridized carbons (Fsp3) is 0.214. The van der Waals surface area contributed by atoms with Crippen LogP contribution < -0.4 is 15.2 Å². The molecule has 21 heavy (non-hydrogen) atoms. The van der Waals surface area contributed by atoms with Gasteiger partial charge in [0.25, 0.3) is 0 Å². The van der Waals surface area contributed by atoms with Crippen LogP contribution in [-0.4, -0.2) is 27.1 Å². The maximum Gasteiger partial charge on any atom is 0.244 e. The number of nitrogens with two attached hydrogens (primary N) is 1. The molecule has 0 aliphatic heterocycles. The van der Waals surface area contributed by atoms with Gasteiger partial charge in [-0.2, -0.15) is 0 Å². The van der Waals surface area contributed by atoms with Gasteiger partial charge in [-0.3, -0.25) is 4.98 Å². The average Bonchev–Trinajstić information content (AvgIpc) is 2.48. The minimum Gasteiger partial charge on any atom is -0.495 e. The number of aromatic nitrogens is 1. The number of rotatable bonds is 6. The zero-order chi connectivity index (χ0) is 15.3. The van der Waals surface area contributed by atoms with E-state index >= 15 is 0 Å². The van der Waals surface area contributed by atoms with Gasteiger partial charge in [0.05, 0.1) is 7.11 Å². The number of nitrogens with one attached hydrogen (secondary N) is 1. The Kier molecular flexibility index (Phi) is 4.77. The molecule has 0 amide bonds. The van der Waals surface area contributed by atoms with Gasteiger partial charge in [-0.15, -0.1) is 0 Å². The zero-order valence-corrected chi connectivity index (χ0v) is 12.4. The summed E-state index contributed by atoms with van der Waals surface area (Å²) in [6.45, 7) is 0.270. The first-order chi connectivity index (χ1) is 10.0. The Hall–Kier alpha value is -2.12. The number of hydrogen-bond donors (Lipinski definition) is 2. The molecular formula is C14H17N3O3S. The first-order valence-corrected chi connectivity index (χ1v) is 7.83. The number of anilines is 1. The van der Waals surface area contributed by atoms with Crippen LogP contribution in [0.4, 0.5) is 5.69 Å². The van der Waals surface area contributed by atoms with Gasteiger partial charge < -0.3 is 10.5 Å². The molecule has 0 unspecified atom stereocenters. The Labute approximate surface area is 124 Å². The molecule has 1 heterocycles. The lowest BCUT2D eigenvalue weighted by Crippen LogP contribution is -2.26. The molecule has 1 aromatic carbocycles. The summed E-state index contributed by atoms with van der Waals surface area (Å²) in [4.78, 5) is 4.02. The zero-order valence-electron chi connectivity index (χ0n) is 11.6. The molecule has 0 spiro atoms. The van der Waals surface area contributed by atoms with Gasteiger partial charge >= 0.3 is 0 Å². The fourth-order valence-corrected chi connectivity index (χ4v) is 3.09. The highest BCUT2D eigenvalue weighted by Crippen LogP contribution is 2.25. The summed E-state index contributed by atoms with van der Waals surface area (Å²) in [5.74, 6) is 0.262. The topological polar surface area (TPSA) is 94.3 Å². The van der Waals surface area contributed by atoms with Gasteiger partial charge in [-0.25, -0.2) is 13.1 Å². The van der Waals surface area contributed by atoms with E-state index in [0.717, 1.165) is 5.56 Å². The molecule has 6 nitrogen and oxygen atoms in total. The van der Waals surface area contributed by atoms with Crippen molar-refractivity contribution in [2.75, 3.05) is 19.4 Å². The van der Waals surface area contributed by atoms with Crippen molar-refractivity contribution in [3.63, 3.8) is 0 Å². The Morgan fingerprint density at radius 1 is 1.33 bits per heavy atom. The number of nitrogen functional groups attached to an aromatic ring is 1. The van der Waals surface area contributed by atoms with Crippen LogP contribution in [0.25, 0.3) is 0 Å². The van der Waals surface area contributed by atoms with Crippen LogP contribution in [0, 0.1) is 0 Å². The third kappa shape index (κ3) is 3.93. The van der Waals surface area contributed by atoms with E-state index in [4.69, 9.17) is 10.5 Å². The van der Waals surface area contributed by atoms with E-state index in [0.29, 0.717) is 12.1 Å².